The summed E-state index contributed by atoms with van der Waals surface area (Å²) in [6, 6.07) is 7.34. The first-order valence-electron chi connectivity index (χ1n) is 11.8. The van der Waals surface area contributed by atoms with Crippen LogP contribution in [0.1, 0.15) is 37.3 Å². The first-order valence-corrected chi connectivity index (χ1v) is 13.2. The summed E-state index contributed by atoms with van der Waals surface area (Å²) in [5.74, 6) is -1.78. The van der Waals surface area contributed by atoms with Gasteiger partial charge in [-0.1, -0.05) is 25.0 Å². The molecule has 1 aromatic heterocycles. The number of primary amides is 1. The van der Waals surface area contributed by atoms with Crippen molar-refractivity contribution in [2.24, 2.45) is 11.7 Å². The van der Waals surface area contributed by atoms with Crippen LogP contribution < -0.4 is 11.1 Å². The number of amides is 2. The van der Waals surface area contributed by atoms with Crippen LogP contribution in [0.5, 0.6) is 0 Å². The van der Waals surface area contributed by atoms with Gasteiger partial charge in [0, 0.05) is 44.6 Å². The largest absolute Gasteiger partial charge is 0.368 e. The molecule has 2 fully saturated rings. The number of sulfonamides is 1. The molecule has 4 rings (SSSR count). The summed E-state index contributed by atoms with van der Waals surface area (Å²) < 4.78 is 40.6. The second-order valence-corrected chi connectivity index (χ2v) is 10.9. The number of nitrogens with one attached hydrogen (secondary N) is 1. The van der Waals surface area contributed by atoms with Gasteiger partial charge in [0.05, 0.1) is 5.92 Å². The van der Waals surface area contributed by atoms with E-state index in [1.54, 1.807) is 6.07 Å². The molecule has 3 N–H and O–H groups in total. The fourth-order valence-corrected chi connectivity index (χ4v) is 6.39. The molecule has 1 aliphatic carbocycles. The second kappa shape index (κ2) is 10.8. The van der Waals surface area contributed by atoms with Gasteiger partial charge in [0.15, 0.2) is 0 Å². The van der Waals surface area contributed by atoms with Gasteiger partial charge in [0.2, 0.25) is 21.8 Å². The van der Waals surface area contributed by atoms with Gasteiger partial charge in [0.1, 0.15) is 16.8 Å². The van der Waals surface area contributed by atoms with Crippen molar-refractivity contribution in [3.63, 3.8) is 0 Å². The molecule has 9 nitrogen and oxygen atoms in total. The van der Waals surface area contributed by atoms with Crippen molar-refractivity contribution in [3.05, 3.63) is 60.2 Å². The second-order valence-electron chi connectivity index (χ2n) is 8.98. The number of nitrogens with zero attached hydrogens (tertiary/aromatic N) is 3. The predicted molar refractivity (Wildman–Crippen MR) is 127 cm³/mol. The molecule has 0 radical (unpaired) electrons. The highest BCUT2D eigenvalue weighted by molar-refractivity contribution is 7.89. The minimum Gasteiger partial charge on any atom is -0.368 e. The van der Waals surface area contributed by atoms with Crippen molar-refractivity contribution < 1.29 is 22.4 Å². The molecule has 2 aromatic rings. The Hall–Kier alpha value is -2.89. The van der Waals surface area contributed by atoms with E-state index in [0.717, 1.165) is 19.3 Å². The highest BCUT2D eigenvalue weighted by Gasteiger charge is 2.39. The number of hydrogen-bond donors (Lipinski definition) is 2. The number of piperazine rings is 1. The van der Waals surface area contributed by atoms with Gasteiger partial charge < -0.3 is 11.1 Å². The van der Waals surface area contributed by atoms with Crippen LogP contribution in [0.4, 0.5) is 4.39 Å². The van der Waals surface area contributed by atoms with E-state index in [-0.39, 0.29) is 22.8 Å². The molecule has 2 amide bonds. The van der Waals surface area contributed by atoms with Crippen LogP contribution in [0.3, 0.4) is 0 Å². The fraction of sp³-hybridized carbons (Fsp3) is 0.458. The van der Waals surface area contributed by atoms with E-state index in [4.69, 9.17) is 5.73 Å². The van der Waals surface area contributed by atoms with Crippen LogP contribution in [-0.4, -0.2) is 66.6 Å². The van der Waals surface area contributed by atoms with Gasteiger partial charge >= 0.3 is 0 Å². The summed E-state index contributed by atoms with van der Waals surface area (Å²) in [6.45, 7) is 1.65. The predicted octanol–water partition coefficient (Wildman–Crippen LogP) is 1.43. The summed E-state index contributed by atoms with van der Waals surface area (Å²) in [6.07, 6.45) is 6.22. The van der Waals surface area contributed by atoms with E-state index in [1.807, 2.05) is 0 Å². The monoisotopic (exact) mass is 503 g/mol. The average molecular weight is 504 g/mol. The first-order chi connectivity index (χ1) is 16.8. The molecular formula is C24H30FN5O4S. The topological polar surface area (TPSA) is 126 Å². The first kappa shape index (κ1) is 25.2. The molecule has 1 aromatic carbocycles. The van der Waals surface area contributed by atoms with Crippen LogP contribution in [0.2, 0.25) is 0 Å². The Morgan fingerprint density at radius 2 is 1.74 bits per heavy atom. The average Bonchev–Trinajstić information content (AvgIpc) is 2.88. The van der Waals surface area contributed by atoms with Gasteiger partial charge in [0.25, 0.3) is 0 Å². The Labute approximate surface area is 204 Å². The Bertz CT molecular complexity index is 1140. The van der Waals surface area contributed by atoms with E-state index in [1.165, 1.54) is 47.0 Å². The molecule has 35 heavy (non-hydrogen) atoms. The zero-order chi connectivity index (χ0) is 25.0. The van der Waals surface area contributed by atoms with Crippen molar-refractivity contribution in [1.82, 2.24) is 19.5 Å². The molecular weight excluding hydrogens is 473 g/mol. The Kier molecular flexibility index (Phi) is 7.78. The normalized spacial score (nSPS) is 22.9. The Morgan fingerprint density at radius 1 is 1.06 bits per heavy atom. The number of rotatable bonds is 7. The molecule has 3 atom stereocenters. The molecule has 0 spiro atoms. The molecule has 1 saturated heterocycles. The van der Waals surface area contributed by atoms with Gasteiger partial charge in [-0.25, -0.2) is 12.8 Å². The van der Waals surface area contributed by atoms with Crippen molar-refractivity contribution in [2.75, 3.05) is 26.2 Å². The number of aromatic nitrogens is 1. The van der Waals surface area contributed by atoms with E-state index in [0.29, 0.717) is 38.2 Å². The lowest BCUT2D eigenvalue weighted by Gasteiger charge is -2.43. The standard InChI is InChI=1S/C24H30FN5O4S/c25-18-9-7-17(8-10-18)22(23(26)31)28-24(32)20-5-1-2-6-21(20)29-12-14-30(15-13-29)35(33,34)19-4-3-11-27-16-19/h3-4,7-11,16,20-22H,1-2,5-6,12-15H2,(H2,26,31)(H,28,32)/t20?,21?,22-/m0/s1. The van der Waals surface area contributed by atoms with Gasteiger partial charge in [-0.2, -0.15) is 4.31 Å². The third-order valence-electron chi connectivity index (χ3n) is 6.86. The molecule has 2 aliphatic rings. The summed E-state index contributed by atoms with van der Waals surface area (Å²) >= 11 is 0. The van der Waals surface area contributed by atoms with Gasteiger partial charge in [-0.15, -0.1) is 0 Å². The Morgan fingerprint density at radius 3 is 2.37 bits per heavy atom. The van der Waals surface area contributed by atoms with Crippen molar-refractivity contribution >= 4 is 21.8 Å². The smallest absolute Gasteiger partial charge is 0.244 e. The zero-order valence-electron chi connectivity index (χ0n) is 19.3. The van der Waals surface area contributed by atoms with Crippen LogP contribution in [-0.2, 0) is 19.6 Å². The molecule has 2 heterocycles. The lowest BCUT2D eigenvalue weighted by molar-refractivity contribution is -0.133. The number of halogens is 1. The molecule has 1 aliphatic heterocycles. The minimum atomic E-state index is -3.62. The molecule has 0 bridgehead atoms. The van der Waals surface area contributed by atoms with E-state index in [9.17, 15) is 22.4 Å². The maximum atomic E-state index is 13.3. The Balaban J connectivity index is 1.43. The maximum Gasteiger partial charge on any atom is 0.244 e. The lowest BCUT2D eigenvalue weighted by Crippen LogP contribution is -2.56. The fourth-order valence-electron chi connectivity index (χ4n) is 5.00. The van der Waals surface area contributed by atoms with E-state index >= 15 is 0 Å². The molecule has 188 valence electrons. The maximum absolute atomic E-state index is 13.3. The zero-order valence-corrected chi connectivity index (χ0v) is 20.2. The third-order valence-corrected chi connectivity index (χ3v) is 8.74. The number of pyridine rings is 1. The molecule has 1 saturated carbocycles. The number of nitrogens with two attached hydrogens (primary N) is 1. The summed E-state index contributed by atoms with van der Waals surface area (Å²) in [5.41, 5.74) is 5.97. The van der Waals surface area contributed by atoms with Crippen LogP contribution in [0.15, 0.2) is 53.7 Å². The van der Waals surface area contributed by atoms with Crippen LogP contribution >= 0.6 is 0 Å². The van der Waals surface area contributed by atoms with Crippen LogP contribution in [0, 0.1) is 11.7 Å². The molecule has 2 unspecified atom stereocenters. The van der Waals surface area contributed by atoms with Crippen molar-refractivity contribution in [2.45, 2.75) is 42.7 Å². The lowest BCUT2D eigenvalue weighted by atomic mass is 9.82. The third kappa shape index (κ3) is 5.68. The summed E-state index contributed by atoms with van der Waals surface area (Å²) in [4.78, 5) is 31.6. The minimum absolute atomic E-state index is 0.0614. The highest BCUT2D eigenvalue weighted by atomic mass is 32.2. The van der Waals surface area contributed by atoms with Crippen LogP contribution in [0.25, 0.3) is 0 Å². The van der Waals surface area contributed by atoms with E-state index in [2.05, 4.69) is 15.2 Å². The number of benzene rings is 1. The van der Waals surface area contributed by atoms with E-state index < -0.39 is 27.8 Å². The van der Waals surface area contributed by atoms with Crippen molar-refractivity contribution in [1.29, 1.82) is 0 Å². The highest BCUT2D eigenvalue weighted by Crippen LogP contribution is 2.31. The SMILES string of the molecule is NC(=O)[C@@H](NC(=O)C1CCCCC1N1CCN(S(=O)(=O)c2cccnc2)CC1)c1ccc(F)cc1. The van der Waals surface area contributed by atoms with Gasteiger partial charge in [-0.05, 0) is 42.7 Å². The number of carbonyl (C=O) groups is 2. The molecule has 11 heteroatoms. The van der Waals surface area contributed by atoms with Gasteiger partial charge in [-0.3, -0.25) is 19.5 Å². The summed E-state index contributed by atoms with van der Waals surface area (Å²) in [5, 5.41) is 2.77. The number of carbonyl (C=O) groups excluding carboxylic acids is 2. The number of hydrogen-bond acceptors (Lipinski definition) is 6. The summed E-state index contributed by atoms with van der Waals surface area (Å²) in [7, 11) is -3.62. The van der Waals surface area contributed by atoms with Crippen molar-refractivity contribution in [3.8, 4) is 0 Å². The quantitative estimate of drug-likeness (QED) is 0.589.